The molecule has 0 aliphatic carbocycles. The predicted molar refractivity (Wildman–Crippen MR) is 102 cm³/mol. The van der Waals surface area contributed by atoms with E-state index < -0.39 is 0 Å². The van der Waals surface area contributed by atoms with E-state index in [4.69, 9.17) is 16.3 Å². The van der Waals surface area contributed by atoms with E-state index in [1.54, 1.807) is 29.9 Å². The zero-order valence-corrected chi connectivity index (χ0v) is 15.0. The number of anilines is 1. The van der Waals surface area contributed by atoms with Gasteiger partial charge >= 0.3 is 0 Å². The molecule has 1 aromatic heterocycles. The van der Waals surface area contributed by atoms with Crippen LogP contribution in [0.3, 0.4) is 0 Å². The Balaban J connectivity index is 1.81. The Morgan fingerprint density at radius 3 is 2.64 bits per heavy atom. The summed E-state index contributed by atoms with van der Waals surface area (Å²) < 4.78 is 6.81. The molecule has 130 valence electrons. The number of benzene rings is 2. The summed E-state index contributed by atoms with van der Waals surface area (Å²) >= 11 is 6.03. The zero-order valence-electron chi connectivity index (χ0n) is 14.3. The third-order valence-corrected chi connectivity index (χ3v) is 4.32. The van der Waals surface area contributed by atoms with Crippen molar-refractivity contribution in [3.05, 3.63) is 63.4 Å². The van der Waals surface area contributed by atoms with Gasteiger partial charge in [-0.25, -0.2) is 4.98 Å². The van der Waals surface area contributed by atoms with Crippen LogP contribution in [0.5, 0.6) is 5.75 Å². The summed E-state index contributed by atoms with van der Waals surface area (Å²) in [5, 5.41) is 4.41. The third kappa shape index (κ3) is 3.77. The second-order valence-corrected chi connectivity index (χ2v) is 6.11. The fourth-order valence-corrected chi connectivity index (χ4v) is 2.90. The van der Waals surface area contributed by atoms with Gasteiger partial charge in [-0.2, -0.15) is 0 Å². The molecule has 0 radical (unpaired) electrons. The van der Waals surface area contributed by atoms with Crippen LogP contribution in [-0.4, -0.2) is 23.2 Å². The van der Waals surface area contributed by atoms with Gasteiger partial charge in [0, 0.05) is 18.1 Å². The van der Waals surface area contributed by atoms with E-state index in [0.29, 0.717) is 35.0 Å². The highest BCUT2D eigenvalue weighted by atomic mass is 35.5. The number of methoxy groups -OCH3 is 1. The topological polar surface area (TPSA) is 56.1 Å². The number of nitrogens with one attached hydrogen (secondary N) is 1. The molecule has 1 N–H and O–H groups in total. The number of fused-ring (bicyclic) bond motifs is 1. The molecule has 0 fully saturated rings. The standard InChI is InChI=1S/C19H20ClN3O2/c1-3-23-18(24)16-9-6-14(20)12-17(16)22-19(23)21-11-10-13-4-7-15(25-2)8-5-13/h4-9,12H,3,10-11H2,1-2H3,(H,21,22). The molecule has 0 unspecified atom stereocenters. The molecule has 25 heavy (non-hydrogen) atoms. The molecule has 0 bridgehead atoms. The Morgan fingerprint density at radius 1 is 1.20 bits per heavy atom. The highest BCUT2D eigenvalue weighted by Crippen LogP contribution is 2.17. The lowest BCUT2D eigenvalue weighted by Crippen LogP contribution is -2.25. The maximum atomic E-state index is 12.6. The van der Waals surface area contributed by atoms with Crippen LogP contribution in [0.4, 0.5) is 5.95 Å². The first-order valence-corrected chi connectivity index (χ1v) is 8.57. The minimum atomic E-state index is -0.0592. The smallest absolute Gasteiger partial charge is 0.262 e. The summed E-state index contributed by atoms with van der Waals surface area (Å²) in [5.41, 5.74) is 1.73. The Morgan fingerprint density at radius 2 is 1.96 bits per heavy atom. The van der Waals surface area contributed by atoms with E-state index in [2.05, 4.69) is 10.3 Å². The molecule has 0 spiro atoms. The fraction of sp³-hybridized carbons (Fsp3) is 0.263. The number of hydrogen-bond donors (Lipinski definition) is 1. The maximum absolute atomic E-state index is 12.6. The average Bonchev–Trinajstić information content (AvgIpc) is 2.62. The second kappa shape index (κ2) is 7.57. The Hall–Kier alpha value is -2.53. The molecule has 2 aromatic carbocycles. The molecule has 3 rings (SSSR count). The number of nitrogens with zero attached hydrogens (tertiary/aromatic N) is 2. The van der Waals surface area contributed by atoms with Gasteiger partial charge in [0.05, 0.1) is 18.0 Å². The minimum absolute atomic E-state index is 0.0592. The molecule has 5 nitrogen and oxygen atoms in total. The van der Waals surface area contributed by atoms with E-state index in [-0.39, 0.29) is 5.56 Å². The van der Waals surface area contributed by atoms with Crippen molar-refractivity contribution in [1.82, 2.24) is 9.55 Å². The molecule has 0 saturated heterocycles. The zero-order chi connectivity index (χ0) is 17.8. The summed E-state index contributed by atoms with van der Waals surface area (Å²) in [7, 11) is 1.65. The normalized spacial score (nSPS) is 10.8. The van der Waals surface area contributed by atoms with Gasteiger partial charge in [0.25, 0.3) is 5.56 Å². The van der Waals surface area contributed by atoms with Crippen molar-refractivity contribution in [1.29, 1.82) is 0 Å². The third-order valence-electron chi connectivity index (χ3n) is 4.09. The monoisotopic (exact) mass is 357 g/mol. The van der Waals surface area contributed by atoms with Crippen LogP contribution in [0.1, 0.15) is 12.5 Å². The maximum Gasteiger partial charge on any atom is 0.262 e. The lowest BCUT2D eigenvalue weighted by atomic mass is 10.1. The van der Waals surface area contributed by atoms with Crippen molar-refractivity contribution in [2.75, 3.05) is 19.0 Å². The fourth-order valence-electron chi connectivity index (χ4n) is 2.73. The molecular weight excluding hydrogens is 338 g/mol. The van der Waals surface area contributed by atoms with Crippen molar-refractivity contribution in [3.8, 4) is 5.75 Å². The summed E-state index contributed by atoms with van der Waals surface area (Å²) in [6.07, 6.45) is 0.817. The average molecular weight is 358 g/mol. The van der Waals surface area contributed by atoms with Crippen molar-refractivity contribution < 1.29 is 4.74 Å². The highest BCUT2D eigenvalue weighted by molar-refractivity contribution is 6.31. The van der Waals surface area contributed by atoms with Gasteiger partial charge in [0.2, 0.25) is 5.95 Å². The van der Waals surface area contributed by atoms with Crippen LogP contribution in [0.25, 0.3) is 10.9 Å². The summed E-state index contributed by atoms with van der Waals surface area (Å²) in [4.78, 5) is 17.2. The number of halogens is 1. The lowest BCUT2D eigenvalue weighted by Gasteiger charge is -2.13. The van der Waals surface area contributed by atoms with Crippen molar-refractivity contribution >= 4 is 28.5 Å². The van der Waals surface area contributed by atoms with E-state index in [9.17, 15) is 4.79 Å². The van der Waals surface area contributed by atoms with Gasteiger partial charge in [-0.15, -0.1) is 0 Å². The van der Waals surface area contributed by atoms with Crippen LogP contribution in [-0.2, 0) is 13.0 Å². The molecule has 0 amide bonds. The van der Waals surface area contributed by atoms with Gasteiger partial charge in [-0.1, -0.05) is 23.7 Å². The largest absolute Gasteiger partial charge is 0.497 e. The number of rotatable bonds is 6. The number of aromatic nitrogens is 2. The molecular formula is C19H20ClN3O2. The quantitative estimate of drug-likeness (QED) is 0.730. The van der Waals surface area contributed by atoms with Gasteiger partial charge in [0.1, 0.15) is 5.75 Å². The van der Waals surface area contributed by atoms with E-state index in [0.717, 1.165) is 12.2 Å². The number of hydrogen-bond acceptors (Lipinski definition) is 4. The van der Waals surface area contributed by atoms with Gasteiger partial charge in [-0.3, -0.25) is 9.36 Å². The molecule has 0 atom stereocenters. The lowest BCUT2D eigenvalue weighted by molar-refractivity contribution is 0.414. The first-order chi connectivity index (χ1) is 12.1. The summed E-state index contributed by atoms with van der Waals surface area (Å²) in [6, 6.07) is 13.1. The molecule has 0 saturated carbocycles. The van der Waals surface area contributed by atoms with Crippen LogP contribution >= 0.6 is 11.6 Å². The summed E-state index contributed by atoms with van der Waals surface area (Å²) in [6.45, 7) is 3.15. The first-order valence-electron chi connectivity index (χ1n) is 8.19. The Bertz CT molecular complexity index is 936. The van der Waals surface area contributed by atoms with Crippen molar-refractivity contribution in [2.45, 2.75) is 19.9 Å². The van der Waals surface area contributed by atoms with Crippen LogP contribution in [0.2, 0.25) is 5.02 Å². The van der Waals surface area contributed by atoms with Crippen LogP contribution in [0, 0.1) is 0 Å². The van der Waals surface area contributed by atoms with Gasteiger partial charge in [0.15, 0.2) is 0 Å². The number of ether oxygens (including phenoxy) is 1. The van der Waals surface area contributed by atoms with E-state index in [1.165, 1.54) is 5.56 Å². The molecule has 6 heteroatoms. The summed E-state index contributed by atoms with van der Waals surface area (Å²) in [5.74, 6) is 1.40. The highest BCUT2D eigenvalue weighted by Gasteiger charge is 2.10. The molecule has 0 aliphatic heterocycles. The Kier molecular flexibility index (Phi) is 5.24. The van der Waals surface area contributed by atoms with Gasteiger partial charge in [-0.05, 0) is 49.2 Å². The van der Waals surface area contributed by atoms with Crippen molar-refractivity contribution in [2.24, 2.45) is 0 Å². The Labute approximate surface area is 151 Å². The van der Waals surface area contributed by atoms with E-state index in [1.807, 2.05) is 31.2 Å². The van der Waals surface area contributed by atoms with E-state index >= 15 is 0 Å². The molecule has 0 aliphatic rings. The molecule has 1 heterocycles. The SMILES string of the molecule is CCn1c(NCCc2ccc(OC)cc2)nc2cc(Cl)ccc2c1=O. The molecule has 3 aromatic rings. The van der Waals surface area contributed by atoms with Gasteiger partial charge < -0.3 is 10.1 Å². The predicted octanol–water partition coefficient (Wildman–Crippen LogP) is 3.73. The van der Waals surface area contributed by atoms with Crippen LogP contribution in [0.15, 0.2) is 47.3 Å². The minimum Gasteiger partial charge on any atom is -0.497 e. The first kappa shape index (κ1) is 17.3. The van der Waals surface area contributed by atoms with Crippen molar-refractivity contribution in [3.63, 3.8) is 0 Å². The van der Waals surface area contributed by atoms with Crippen LogP contribution < -0.4 is 15.6 Å². The second-order valence-electron chi connectivity index (χ2n) is 5.67.